The maximum atomic E-state index is 6.28. The second-order valence-corrected chi connectivity index (χ2v) is 6.22. The van der Waals surface area contributed by atoms with Crippen LogP contribution in [0.3, 0.4) is 0 Å². The quantitative estimate of drug-likeness (QED) is 0.785. The van der Waals surface area contributed by atoms with Gasteiger partial charge in [-0.25, -0.2) is 9.97 Å². The van der Waals surface area contributed by atoms with E-state index in [0.717, 1.165) is 36.7 Å². The summed E-state index contributed by atoms with van der Waals surface area (Å²) < 4.78 is 0. The SMILES string of the molecule is CCc1nc(Cl)c(C)c(N2CCCN3CCCC3C2)n1. The van der Waals surface area contributed by atoms with E-state index in [4.69, 9.17) is 16.6 Å². The van der Waals surface area contributed by atoms with Crippen LogP contribution in [0.4, 0.5) is 5.82 Å². The van der Waals surface area contributed by atoms with Crippen LogP contribution < -0.4 is 4.90 Å². The van der Waals surface area contributed by atoms with Gasteiger partial charge in [0, 0.05) is 37.7 Å². The average molecular weight is 295 g/mol. The molecule has 2 aliphatic rings. The Labute approximate surface area is 126 Å². The van der Waals surface area contributed by atoms with Gasteiger partial charge in [0.05, 0.1) is 0 Å². The van der Waals surface area contributed by atoms with Crippen molar-refractivity contribution in [3.8, 4) is 0 Å². The van der Waals surface area contributed by atoms with Crippen molar-refractivity contribution >= 4 is 17.4 Å². The predicted octanol–water partition coefficient (Wildman–Crippen LogP) is 2.68. The molecule has 0 bridgehead atoms. The summed E-state index contributed by atoms with van der Waals surface area (Å²) >= 11 is 6.28. The van der Waals surface area contributed by atoms with E-state index < -0.39 is 0 Å². The van der Waals surface area contributed by atoms with Crippen molar-refractivity contribution < 1.29 is 0 Å². The first-order valence-corrected chi connectivity index (χ1v) is 8.09. The maximum absolute atomic E-state index is 6.28. The molecule has 2 fully saturated rings. The first-order chi connectivity index (χ1) is 9.69. The number of halogens is 1. The zero-order valence-corrected chi connectivity index (χ0v) is 13.2. The number of aromatic nitrogens is 2. The van der Waals surface area contributed by atoms with Crippen molar-refractivity contribution in [3.05, 3.63) is 16.5 Å². The Balaban J connectivity index is 1.89. The van der Waals surface area contributed by atoms with Crippen molar-refractivity contribution in [1.29, 1.82) is 0 Å². The van der Waals surface area contributed by atoms with Gasteiger partial charge in [-0.05, 0) is 32.7 Å². The van der Waals surface area contributed by atoms with E-state index in [2.05, 4.69) is 21.7 Å². The number of aryl methyl sites for hydroxylation is 1. The minimum Gasteiger partial charge on any atom is -0.355 e. The molecule has 5 heteroatoms. The van der Waals surface area contributed by atoms with Crippen LogP contribution in [0.1, 0.15) is 37.6 Å². The van der Waals surface area contributed by atoms with Crippen molar-refractivity contribution in [2.75, 3.05) is 31.1 Å². The molecule has 0 saturated carbocycles. The first-order valence-electron chi connectivity index (χ1n) is 7.71. The van der Waals surface area contributed by atoms with Crippen LogP contribution in [-0.2, 0) is 6.42 Å². The Morgan fingerprint density at radius 2 is 2.00 bits per heavy atom. The number of hydrogen-bond donors (Lipinski definition) is 0. The van der Waals surface area contributed by atoms with Gasteiger partial charge in [-0.2, -0.15) is 0 Å². The molecule has 0 spiro atoms. The fourth-order valence-corrected chi connectivity index (χ4v) is 3.57. The van der Waals surface area contributed by atoms with Crippen molar-refractivity contribution in [2.45, 2.75) is 45.6 Å². The average Bonchev–Trinajstić information content (AvgIpc) is 2.79. The summed E-state index contributed by atoms with van der Waals surface area (Å²) in [5, 5.41) is 0.611. The second kappa shape index (κ2) is 5.86. The molecule has 1 unspecified atom stereocenters. The molecule has 20 heavy (non-hydrogen) atoms. The molecule has 1 aromatic rings. The van der Waals surface area contributed by atoms with Gasteiger partial charge >= 0.3 is 0 Å². The van der Waals surface area contributed by atoms with Crippen molar-refractivity contribution in [3.63, 3.8) is 0 Å². The number of hydrogen-bond acceptors (Lipinski definition) is 4. The van der Waals surface area contributed by atoms with Crippen LogP contribution in [0.15, 0.2) is 0 Å². The molecule has 0 aromatic carbocycles. The summed E-state index contributed by atoms with van der Waals surface area (Å²) in [6.45, 7) is 8.75. The molecule has 2 aliphatic heterocycles. The molecule has 0 N–H and O–H groups in total. The van der Waals surface area contributed by atoms with E-state index >= 15 is 0 Å². The summed E-state index contributed by atoms with van der Waals surface area (Å²) in [6, 6.07) is 0.690. The van der Waals surface area contributed by atoms with Crippen molar-refractivity contribution in [2.24, 2.45) is 0 Å². The number of rotatable bonds is 2. The Morgan fingerprint density at radius 3 is 2.80 bits per heavy atom. The molecule has 0 aliphatic carbocycles. The zero-order valence-electron chi connectivity index (χ0n) is 12.4. The fourth-order valence-electron chi connectivity index (χ4n) is 3.39. The molecule has 110 valence electrons. The topological polar surface area (TPSA) is 32.3 Å². The number of anilines is 1. The van der Waals surface area contributed by atoms with E-state index in [9.17, 15) is 0 Å². The van der Waals surface area contributed by atoms with Crippen LogP contribution in [-0.4, -0.2) is 47.1 Å². The second-order valence-electron chi connectivity index (χ2n) is 5.86. The molecule has 2 saturated heterocycles. The van der Waals surface area contributed by atoms with Crippen molar-refractivity contribution in [1.82, 2.24) is 14.9 Å². The third-order valence-corrected chi connectivity index (χ3v) is 4.89. The third kappa shape index (κ3) is 2.63. The summed E-state index contributed by atoms with van der Waals surface area (Å²) in [4.78, 5) is 14.2. The van der Waals surface area contributed by atoms with Gasteiger partial charge in [-0.1, -0.05) is 18.5 Å². The maximum Gasteiger partial charge on any atom is 0.137 e. The summed E-state index contributed by atoms with van der Waals surface area (Å²) in [6.07, 6.45) is 4.69. The highest BCUT2D eigenvalue weighted by molar-refractivity contribution is 6.30. The third-order valence-electron chi connectivity index (χ3n) is 4.53. The zero-order chi connectivity index (χ0) is 14.1. The van der Waals surface area contributed by atoms with Gasteiger partial charge in [-0.3, -0.25) is 4.90 Å². The predicted molar refractivity (Wildman–Crippen MR) is 82.6 cm³/mol. The summed E-state index contributed by atoms with van der Waals surface area (Å²) in [7, 11) is 0. The molecule has 0 amide bonds. The minimum atomic E-state index is 0.611. The molecule has 1 aromatic heterocycles. The Hall–Kier alpha value is -0.870. The molecule has 4 nitrogen and oxygen atoms in total. The van der Waals surface area contributed by atoms with E-state index in [1.165, 1.54) is 32.4 Å². The first kappa shape index (κ1) is 14.1. The standard InChI is InChI=1S/C15H23ClN4/c1-3-13-17-14(16)11(2)15(18-13)20-9-5-8-19-7-4-6-12(19)10-20/h12H,3-10H2,1-2H3. The monoisotopic (exact) mass is 294 g/mol. The lowest BCUT2D eigenvalue weighted by Crippen LogP contribution is -2.37. The Bertz CT molecular complexity index is 491. The molecule has 1 atom stereocenters. The fraction of sp³-hybridized carbons (Fsp3) is 0.733. The number of fused-ring (bicyclic) bond motifs is 1. The van der Waals surface area contributed by atoms with Gasteiger partial charge < -0.3 is 4.90 Å². The molecule has 3 heterocycles. The lowest BCUT2D eigenvalue weighted by molar-refractivity contribution is 0.273. The largest absolute Gasteiger partial charge is 0.355 e. The highest BCUT2D eigenvalue weighted by Gasteiger charge is 2.30. The van der Waals surface area contributed by atoms with E-state index in [-0.39, 0.29) is 0 Å². The number of nitrogens with zero attached hydrogens (tertiary/aromatic N) is 4. The van der Waals surface area contributed by atoms with Gasteiger partial charge in [0.15, 0.2) is 0 Å². The Morgan fingerprint density at radius 1 is 1.20 bits per heavy atom. The van der Waals surface area contributed by atoms with Crippen LogP contribution in [0.2, 0.25) is 5.15 Å². The Kier molecular flexibility index (Phi) is 4.13. The summed E-state index contributed by atoms with van der Waals surface area (Å²) in [5.41, 5.74) is 1.02. The molecular weight excluding hydrogens is 272 g/mol. The van der Waals surface area contributed by atoms with Crippen LogP contribution >= 0.6 is 11.6 Å². The van der Waals surface area contributed by atoms with Gasteiger partial charge in [0.2, 0.25) is 0 Å². The van der Waals surface area contributed by atoms with Crippen LogP contribution in [0.25, 0.3) is 0 Å². The smallest absolute Gasteiger partial charge is 0.137 e. The summed E-state index contributed by atoms with van der Waals surface area (Å²) in [5.74, 6) is 1.90. The lowest BCUT2D eigenvalue weighted by Gasteiger charge is -2.28. The molecule has 3 rings (SSSR count). The van der Waals surface area contributed by atoms with E-state index in [1.54, 1.807) is 0 Å². The lowest BCUT2D eigenvalue weighted by atomic mass is 10.2. The van der Waals surface area contributed by atoms with Crippen LogP contribution in [0, 0.1) is 6.92 Å². The van der Waals surface area contributed by atoms with Gasteiger partial charge in [0.25, 0.3) is 0 Å². The van der Waals surface area contributed by atoms with E-state index in [1.807, 2.05) is 6.92 Å². The normalized spacial score (nSPS) is 23.8. The van der Waals surface area contributed by atoms with Crippen LogP contribution in [0.5, 0.6) is 0 Å². The minimum absolute atomic E-state index is 0.611. The molecule has 0 radical (unpaired) electrons. The van der Waals surface area contributed by atoms with E-state index in [0.29, 0.717) is 11.2 Å². The highest BCUT2D eigenvalue weighted by Crippen LogP contribution is 2.28. The van der Waals surface area contributed by atoms with Gasteiger partial charge in [0.1, 0.15) is 16.8 Å². The highest BCUT2D eigenvalue weighted by atomic mass is 35.5. The van der Waals surface area contributed by atoms with Gasteiger partial charge in [-0.15, -0.1) is 0 Å². The molecular formula is C15H23ClN4.